The lowest BCUT2D eigenvalue weighted by atomic mass is 10.2. The van der Waals surface area contributed by atoms with Crippen molar-refractivity contribution in [3.8, 4) is 0 Å². The molecule has 1 aromatic rings. The quantitative estimate of drug-likeness (QED) is 0.722. The molecule has 6 heteroatoms. The van der Waals surface area contributed by atoms with E-state index in [1.54, 1.807) is 18.2 Å². The Bertz CT molecular complexity index is 465. The van der Waals surface area contributed by atoms with Gasteiger partial charge in [0.15, 0.2) is 0 Å². The molecule has 1 rings (SSSR count). The van der Waals surface area contributed by atoms with Crippen molar-refractivity contribution in [2.45, 2.75) is 12.8 Å². The Kier molecular flexibility index (Phi) is 7.50. The first-order valence-electron chi connectivity index (χ1n) is 7.06. The molecule has 0 fully saturated rings. The van der Waals surface area contributed by atoms with Gasteiger partial charge in [-0.2, -0.15) is 0 Å². The molecule has 0 atom stereocenters. The molecule has 0 saturated heterocycles. The summed E-state index contributed by atoms with van der Waals surface area (Å²) >= 11 is 5.82. The van der Waals surface area contributed by atoms with E-state index in [-0.39, 0.29) is 5.91 Å². The van der Waals surface area contributed by atoms with Gasteiger partial charge in [0.25, 0.3) is 0 Å². The summed E-state index contributed by atoms with van der Waals surface area (Å²) < 4.78 is 0. The predicted octanol–water partition coefficient (Wildman–Crippen LogP) is 2.13. The summed E-state index contributed by atoms with van der Waals surface area (Å²) in [7, 11) is 6.15. The van der Waals surface area contributed by atoms with Crippen LogP contribution in [0.2, 0.25) is 5.02 Å². The van der Waals surface area contributed by atoms with E-state index in [4.69, 9.17) is 17.3 Å². The van der Waals surface area contributed by atoms with Crippen LogP contribution in [0.5, 0.6) is 0 Å². The van der Waals surface area contributed by atoms with E-state index in [1.807, 2.05) is 7.05 Å². The molecule has 21 heavy (non-hydrogen) atoms. The summed E-state index contributed by atoms with van der Waals surface area (Å²) in [4.78, 5) is 16.2. The van der Waals surface area contributed by atoms with Crippen LogP contribution in [-0.4, -0.2) is 56.5 Å². The topological polar surface area (TPSA) is 61.6 Å². The van der Waals surface area contributed by atoms with Crippen molar-refractivity contribution in [2.75, 3.05) is 51.8 Å². The fraction of sp³-hybridized carbons (Fsp3) is 0.533. The van der Waals surface area contributed by atoms with E-state index in [2.05, 4.69) is 29.2 Å². The molecule has 0 heterocycles. The molecule has 0 aliphatic heterocycles. The summed E-state index contributed by atoms with van der Waals surface area (Å²) in [6.45, 7) is 2.76. The van der Waals surface area contributed by atoms with Crippen LogP contribution in [0, 0.1) is 0 Å². The van der Waals surface area contributed by atoms with Crippen LogP contribution >= 0.6 is 11.6 Å². The first-order chi connectivity index (χ1) is 9.88. The molecular formula is C15H25ClN4O. The second kappa shape index (κ2) is 8.87. The maximum atomic E-state index is 11.9. The van der Waals surface area contributed by atoms with E-state index < -0.39 is 0 Å². The lowest BCUT2D eigenvalue weighted by molar-refractivity contribution is -0.116. The van der Waals surface area contributed by atoms with Crippen molar-refractivity contribution in [3.05, 3.63) is 23.2 Å². The highest BCUT2D eigenvalue weighted by atomic mass is 35.5. The summed E-state index contributed by atoms with van der Waals surface area (Å²) in [5.74, 6) is -0.0384. The van der Waals surface area contributed by atoms with Gasteiger partial charge in [0.2, 0.25) is 5.91 Å². The van der Waals surface area contributed by atoms with Gasteiger partial charge in [-0.3, -0.25) is 4.79 Å². The van der Waals surface area contributed by atoms with Gasteiger partial charge in [0.1, 0.15) is 0 Å². The van der Waals surface area contributed by atoms with Crippen LogP contribution in [0.4, 0.5) is 11.4 Å². The normalized spacial score (nSPS) is 11.1. The Labute approximate surface area is 132 Å². The van der Waals surface area contributed by atoms with Crippen molar-refractivity contribution in [2.24, 2.45) is 0 Å². The van der Waals surface area contributed by atoms with Crippen molar-refractivity contribution >= 4 is 28.9 Å². The third-order valence-electron chi connectivity index (χ3n) is 3.15. The molecule has 118 valence electrons. The number of nitrogens with two attached hydrogens (primary N) is 1. The Morgan fingerprint density at radius 2 is 1.95 bits per heavy atom. The fourth-order valence-corrected chi connectivity index (χ4v) is 2.10. The van der Waals surface area contributed by atoms with Crippen LogP contribution < -0.4 is 11.1 Å². The monoisotopic (exact) mass is 312 g/mol. The molecule has 1 amide bonds. The molecule has 5 nitrogen and oxygen atoms in total. The third kappa shape index (κ3) is 7.32. The standard InChI is InChI=1S/C15H25ClN4O/c1-19(2)8-4-9-20(3)10-7-15(21)18-14-6-5-12(16)11-13(14)17/h5-6,11H,4,7-10,17H2,1-3H3,(H,18,21). The van der Waals surface area contributed by atoms with Crippen LogP contribution in [0.15, 0.2) is 18.2 Å². The maximum absolute atomic E-state index is 11.9. The van der Waals surface area contributed by atoms with Gasteiger partial charge in [-0.05, 0) is 58.9 Å². The fourth-order valence-electron chi connectivity index (χ4n) is 1.92. The highest BCUT2D eigenvalue weighted by Gasteiger charge is 2.07. The molecule has 0 radical (unpaired) electrons. The summed E-state index contributed by atoms with van der Waals surface area (Å²) in [5, 5.41) is 3.37. The Hall–Kier alpha value is -1.30. The lowest BCUT2D eigenvalue weighted by Crippen LogP contribution is -2.27. The van der Waals surface area contributed by atoms with Gasteiger partial charge < -0.3 is 20.9 Å². The largest absolute Gasteiger partial charge is 0.397 e. The summed E-state index contributed by atoms with van der Waals surface area (Å²) in [6.07, 6.45) is 1.54. The van der Waals surface area contributed by atoms with Gasteiger partial charge in [0, 0.05) is 18.0 Å². The van der Waals surface area contributed by atoms with Crippen molar-refractivity contribution in [1.82, 2.24) is 9.80 Å². The number of amides is 1. The molecule has 0 saturated carbocycles. The third-order valence-corrected chi connectivity index (χ3v) is 3.39. The number of rotatable bonds is 8. The number of carbonyl (C=O) groups excluding carboxylic acids is 1. The van der Waals surface area contributed by atoms with Crippen LogP contribution in [0.3, 0.4) is 0 Å². The first kappa shape index (κ1) is 17.8. The van der Waals surface area contributed by atoms with Crippen LogP contribution in [0.1, 0.15) is 12.8 Å². The first-order valence-corrected chi connectivity index (χ1v) is 7.44. The van der Waals surface area contributed by atoms with Gasteiger partial charge in [-0.25, -0.2) is 0 Å². The van der Waals surface area contributed by atoms with E-state index in [1.165, 1.54) is 0 Å². The number of carbonyl (C=O) groups is 1. The van der Waals surface area contributed by atoms with Gasteiger partial charge in [0.05, 0.1) is 11.4 Å². The minimum atomic E-state index is -0.0384. The number of hydrogen-bond acceptors (Lipinski definition) is 4. The molecule has 0 aromatic heterocycles. The number of anilines is 2. The zero-order valence-corrected chi connectivity index (χ0v) is 13.8. The SMILES string of the molecule is CN(C)CCCN(C)CCC(=O)Nc1ccc(Cl)cc1N. The highest BCUT2D eigenvalue weighted by Crippen LogP contribution is 2.22. The molecule has 0 aliphatic rings. The lowest BCUT2D eigenvalue weighted by Gasteiger charge is -2.18. The second-order valence-corrected chi connectivity index (χ2v) is 5.93. The molecule has 0 spiro atoms. The molecule has 1 aromatic carbocycles. The summed E-state index contributed by atoms with van der Waals surface area (Å²) in [5.41, 5.74) is 6.90. The summed E-state index contributed by atoms with van der Waals surface area (Å²) in [6, 6.07) is 5.06. The van der Waals surface area contributed by atoms with Gasteiger partial charge >= 0.3 is 0 Å². The Morgan fingerprint density at radius 1 is 1.24 bits per heavy atom. The van der Waals surface area contributed by atoms with E-state index in [9.17, 15) is 4.79 Å². The zero-order valence-electron chi connectivity index (χ0n) is 13.0. The molecule has 0 unspecified atom stereocenters. The Balaban J connectivity index is 2.30. The van der Waals surface area contributed by atoms with Crippen molar-refractivity contribution in [1.29, 1.82) is 0 Å². The van der Waals surface area contributed by atoms with E-state index in [0.29, 0.717) is 22.8 Å². The second-order valence-electron chi connectivity index (χ2n) is 5.49. The van der Waals surface area contributed by atoms with Gasteiger partial charge in [-0.15, -0.1) is 0 Å². The number of nitrogen functional groups attached to an aromatic ring is 1. The zero-order chi connectivity index (χ0) is 15.8. The number of benzene rings is 1. The number of halogens is 1. The van der Waals surface area contributed by atoms with E-state index in [0.717, 1.165) is 26.1 Å². The average Bonchev–Trinajstić information content (AvgIpc) is 2.39. The highest BCUT2D eigenvalue weighted by molar-refractivity contribution is 6.31. The van der Waals surface area contributed by atoms with Crippen LogP contribution in [-0.2, 0) is 4.79 Å². The van der Waals surface area contributed by atoms with Crippen molar-refractivity contribution in [3.63, 3.8) is 0 Å². The smallest absolute Gasteiger partial charge is 0.225 e. The van der Waals surface area contributed by atoms with Crippen molar-refractivity contribution < 1.29 is 4.79 Å². The number of nitrogens with one attached hydrogen (secondary N) is 1. The minimum Gasteiger partial charge on any atom is -0.397 e. The minimum absolute atomic E-state index is 0.0384. The number of nitrogens with zero attached hydrogens (tertiary/aromatic N) is 2. The predicted molar refractivity (Wildman–Crippen MR) is 89.8 cm³/mol. The Morgan fingerprint density at radius 3 is 2.57 bits per heavy atom. The van der Waals surface area contributed by atoms with E-state index >= 15 is 0 Å². The average molecular weight is 313 g/mol. The molecule has 3 N–H and O–H groups in total. The molecular weight excluding hydrogens is 288 g/mol. The van der Waals surface area contributed by atoms with Gasteiger partial charge in [-0.1, -0.05) is 11.6 Å². The molecule has 0 bridgehead atoms. The molecule has 0 aliphatic carbocycles. The number of hydrogen-bond donors (Lipinski definition) is 2. The van der Waals surface area contributed by atoms with Crippen LogP contribution in [0.25, 0.3) is 0 Å². The maximum Gasteiger partial charge on any atom is 0.225 e.